The molecule has 0 amide bonds. The first kappa shape index (κ1) is 11.7. The van der Waals surface area contributed by atoms with E-state index in [0.717, 1.165) is 17.7 Å². The van der Waals surface area contributed by atoms with Gasteiger partial charge < -0.3 is 4.74 Å². The Morgan fingerprint density at radius 3 is 2.88 bits per heavy atom. The summed E-state index contributed by atoms with van der Waals surface area (Å²) in [5, 5.41) is 5.06. The molecule has 2 rings (SSSR count). The van der Waals surface area contributed by atoms with Crippen LogP contribution in [0.25, 0.3) is 0 Å². The Hall–Kier alpha value is -1.82. The minimum atomic E-state index is -0.210. The summed E-state index contributed by atoms with van der Waals surface area (Å²) in [6.07, 6.45) is 0.729. The van der Waals surface area contributed by atoms with Gasteiger partial charge in [0.2, 0.25) is 0 Å². The van der Waals surface area contributed by atoms with Gasteiger partial charge >= 0.3 is 5.69 Å². The van der Waals surface area contributed by atoms with Crippen molar-refractivity contribution < 1.29 is 4.74 Å². The maximum absolute atomic E-state index is 11.4. The number of aromatic amines is 2. The van der Waals surface area contributed by atoms with Gasteiger partial charge in [0.15, 0.2) is 4.77 Å². The molecular weight excluding hydrogens is 238 g/mol. The third-order valence-corrected chi connectivity index (χ3v) is 2.85. The molecule has 0 atom stereocenters. The van der Waals surface area contributed by atoms with Crippen molar-refractivity contribution in [3.05, 3.63) is 45.1 Å². The summed E-state index contributed by atoms with van der Waals surface area (Å²) in [6.45, 7) is 0.546. The summed E-state index contributed by atoms with van der Waals surface area (Å²) < 4.78 is 7.05. The van der Waals surface area contributed by atoms with Gasteiger partial charge in [0.25, 0.3) is 0 Å². The van der Waals surface area contributed by atoms with Crippen molar-refractivity contribution in [3.8, 4) is 5.75 Å². The molecule has 0 unspecified atom stereocenters. The third kappa shape index (κ3) is 2.65. The van der Waals surface area contributed by atoms with Crippen molar-refractivity contribution in [2.75, 3.05) is 7.11 Å². The molecule has 0 aliphatic carbocycles. The molecule has 1 aromatic heterocycles. The maximum Gasteiger partial charge on any atom is 0.342 e. The number of H-pyrrole nitrogens is 2. The van der Waals surface area contributed by atoms with Crippen molar-refractivity contribution in [1.82, 2.24) is 14.8 Å². The van der Waals surface area contributed by atoms with Crippen LogP contribution in [0.3, 0.4) is 0 Å². The highest BCUT2D eigenvalue weighted by Gasteiger charge is 2.01. The van der Waals surface area contributed by atoms with Gasteiger partial charge in [0.05, 0.1) is 7.11 Å². The number of rotatable bonds is 4. The molecule has 0 bridgehead atoms. The lowest BCUT2D eigenvalue weighted by molar-refractivity contribution is 0.414. The number of benzene rings is 1. The summed E-state index contributed by atoms with van der Waals surface area (Å²) in [6, 6.07) is 7.75. The lowest BCUT2D eigenvalue weighted by Gasteiger charge is -2.04. The van der Waals surface area contributed by atoms with E-state index in [0.29, 0.717) is 11.3 Å². The number of aromatic nitrogens is 3. The summed E-state index contributed by atoms with van der Waals surface area (Å²) in [4.78, 5) is 11.4. The van der Waals surface area contributed by atoms with Crippen molar-refractivity contribution in [2.45, 2.75) is 13.0 Å². The fraction of sp³-hybridized carbons (Fsp3) is 0.273. The number of nitrogens with zero attached hydrogens (tertiary/aromatic N) is 1. The second-order valence-corrected chi connectivity index (χ2v) is 4.00. The molecule has 17 heavy (non-hydrogen) atoms. The van der Waals surface area contributed by atoms with Gasteiger partial charge in [-0.05, 0) is 36.3 Å². The molecule has 0 radical (unpaired) electrons. The van der Waals surface area contributed by atoms with Gasteiger partial charge in [-0.25, -0.2) is 9.89 Å². The molecular formula is C11H13N3O2S. The Kier molecular flexibility index (Phi) is 3.43. The van der Waals surface area contributed by atoms with E-state index in [-0.39, 0.29) is 5.69 Å². The first-order valence-corrected chi connectivity index (χ1v) is 5.62. The van der Waals surface area contributed by atoms with Crippen LogP contribution in [-0.4, -0.2) is 21.9 Å². The highest BCUT2D eigenvalue weighted by atomic mass is 32.1. The third-order valence-electron chi connectivity index (χ3n) is 2.52. The molecule has 1 heterocycles. The van der Waals surface area contributed by atoms with Gasteiger partial charge in [0.1, 0.15) is 5.75 Å². The van der Waals surface area contributed by atoms with Crippen molar-refractivity contribution in [2.24, 2.45) is 0 Å². The maximum atomic E-state index is 11.4. The molecule has 0 fully saturated rings. The van der Waals surface area contributed by atoms with Gasteiger partial charge in [-0.15, -0.1) is 0 Å². The van der Waals surface area contributed by atoms with Crippen molar-refractivity contribution >= 4 is 12.2 Å². The Morgan fingerprint density at radius 2 is 2.24 bits per heavy atom. The summed E-state index contributed by atoms with van der Waals surface area (Å²) in [5.41, 5.74) is 0.893. The molecule has 0 aliphatic rings. The Bertz CT molecular complexity index is 584. The summed E-state index contributed by atoms with van der Waals surface area (Å²) in [5.74, 6) is 0.814. The number of hydrogen-bond acceptors (Lipinski definition) is 3. The smallest absolute Gasteiger partial charge is 0.342 e. The van der Waals surface area contributed by atoms with E-state index in [1.54, 1.807) is 7.11 Å². The van der Waals surface area contributed by atoms with E-state index in [9.17, 15) is 4.79 Å². The zero-order chi connectivity index (χ0) is 12.3. The largest absolute Gasteiger partial charge is 0.497 e. The zero-order valence-corrected chi connectivity index (χ0v) is 10.2. The highest BCUT2D eigenvalue weighted by Crippen LogP contribution is 2.13. The second-order valence-electron chi connectivity index (χ2n) is 3.61. The number of aryl methyl sites for hydroxylation is 1. The number of nitrogens with one attached hydrogen (secondary N) is 2. The van der Waals surface area contributed by atoms with E-state index in [4.69, 9.17) is 17.0 Å². The lowest BCUT2D eigenvalue weighted by atomic mass is 10.1. The van der Waals surface area contributed by atoms with Crippen LogP contribution < -0.4 is 10.4 Å². The second kappa shape index (κ2) is 5.01. The quantitative estimate of drug-likeness (QED) is 0.809. The van der Waals surface area contributed by atoms with E-state index in [1.165, 1.54) is 4.57 Å². The van der Waals surface area contributed by atoms with Crippen molar-refractivity contribution in [1.29, 1.82) is 0 Å². The van der Waals surface area contributed by atoms with Crippen LogP contribution in [-0.2, 0) is 13.0 Å². The van der Waals surface area contributed by atoms with Gasteiger partial charge in [-0.2, -0.15) is 0 Å². The lowest BCUT2D eigenvalue weighted by Crippen LogP contribution is -2.18. The topological polar surface area (TPSA) is 62.8 Å². The predicted molar refractivity (Wildman–Crippen MR) is 66.9 cm³/mol. The molecule has 1 aromatic carbocycles. The molecule has 90 valence electrons. The standard InChI is InChI=1S/C11H13N3O2S/c1-16-9-4-2-3-8(7-9)5-6-14-10(15)12-13-11(14)17/h2-4,7H,5-6H2,1H3,(H,12,15)(H,13,17). The van der Waals surface area contributed by atoms with E-state index in [1.807, 2.05) is 24.3 Å². The molecule has 5 nitrogen and oxygen atoms in total. The van der Waals surface area contributed by atoms with Gasteiger partial charge in [-0.1, -0.05) is 12.1 Å². The van der Waals surface area contributed by atoms with Crippen LogP contribution in [0.1, 0.15) is 5.56 Å². The normalized spacial score (nSPS) is 10.4. The van der Waals surface area contributed by atoms with Crippen LogP contribution in [0.5, 0.6) is 5.75 Å². The van der Waals surface area contributed by atoms with Crippen LogP contribution >= 0.6 is 12.2 Å². The first-order chi connectivity index (χ1) is 8.20. The molecule has 0 saturated heterocycles. The zero-order valence-electron chi connectivity index (χ0n) is 9.40. The summed E-state index contributed by atoms with van der Waals surface area (Å²) >= 11 is 4.99. The van der Waals surface area contributed by atoms with Crippen LogP contribution in [0.15, 0.2) is 29.1 Å². The minimum absolute atomic E-state index is 0.210. The molecule has 0 saturated carbocycles. The molecule has 0 spiro atoms. The Morgan fingerprint density at radius 1 is 1.41 bits per heavy atom. The summed E-state index contributed by atoms with van der Waals surface area (Å²) in [7, 11) is 1.63. The van der Waals surface area contributed by atoms with Crippen LogP contribution in [0.2, 0.25) is 0 Å². The monoisotopic (exact) mass is 251 g/mol. The molecule has 0 aliphatic heterocycles. The molecule has 6 heteroatoms. The van der Waals surface area contributed by atoms with Crippen LogP contribution in [0.4, 0.5) is 0 Å². The fourth-order valence-electron chi connectivity index (χ4n) is 1.61. The highest BCUT2D eigenvalue weighted by molar-refractivity contribution is 7.71. The Balaban J connectivity index is 2.12. The van der Waals surface area contributed by atoms with Gasteiger partial charge in [0, 0.05) is 6.54 Å². The number of hydrogen-bond donors (Lipinski definition) is 2. The van der Waals surface area contributed by atoms with Crippen molar-refractivity contribution in [3.63, 3.8) is 0 Å². The average molecular weight is 251 g/mol. The van der Waals surface area contributed by atoms with E-state index < -0.39 is 0 Å². The van der Waals surface area contributed by atoms with Gasteiger partial charge in [-0.3, -0.25) is 9.67 Å². The van der Waals surface area contributed by atoms with E-state index >= 15 is 0 Å². The fourth-order valence-corrected chi connectivity index (χ4v) is 1.83. The SMILES string of the molecule is COc1cccc(CCn2c(=O)[nH][nH]c2=S)c1. The number of ether oxygens (including phenoxy) is 1. The average Bonchev–Trinajstić information content (AvgIpc) is 2.67. The Labute approximate surface area is 103 Å². The molecule has 2 aromatic rings. The predicted octanol–water partition coefficient (Wildman–Crippen LogP) is 1.49. The molecule has 2 N–H and O–H groups in total. The van der Waals surface area contributed by atoms with E-state index in [2.05, 4.69) is 10.2 Å². The first-order valence-electron chi connectivity index (χ1n) is 5.21. The minimum Gasteiger partial charge on any atom is -0.497 e. The number of methoxy groups -OCH3 is 1. The van der Waals surface area contributed by atoms with Crippen LogP contribution in [0, 0.1) is 4.77 Å².